The molecular weight excluding hydrogens is 211 g/mol. The largest absolute Gasteiger partial charge is 0.0954 e. The van der Waals surface area contributed by atoms with Crippen molar-refractivity contribution in [1.82, 2.24) is 0 Å². The lowest BCUT2D eigenvalue weighted by atomic mass is 10.0. The zero-order valence-electron chi connectivity index (χ0n) is 12.4. The minimum absolute atomic E-state index is 0.120. The van der Waals surface area contributed by atoms with Gasteiger partial charge in [-0.15, -0.1) is 0 Å². The van der Waals surface area contributed by atoms with Gasteiger partial charge in [0.1, 0.15) is 0 Å². The third-order valence-electron chi connectivity index (χ3n) is 4.08. The van der Waals surface area contributed by atoms with Gasteiger partial charge < -0.3 is 0 Å². The van der Waals surface area contributed by atoms with Crippen LogP contribution in [-0.4, -0.2) is 16.5 Å². The highest BCUT2D eigenvalue weighted by Crippen LogP contribution is 2.61. The molecule has 1 heteroatoms. The van der Waals surface area contributed by atoms with Crippen LogP contribution in [0.4, 0.5) is 0 Å². The Morgan fingerprint density at radius 1 is 0.938 bits per heavy atom. The highest BCUT2D eigenvalue weighted by atomic mass is 31.1. The van der Waals surface area contributed by atoms with Crippen molar-refractivity contribution in [2.45, 2.75) is 78.0 Å². The molecule has 2 unspecified atom stereocenters. The standard InChI is InChI=1S/C15H31P/c1-12-9-8-10-13(12)11-16(14(2,3)4)15(5,6)7/h12-13H,8-11H2,1-7H3. The second-order valence-electron chi connectivity index (χ2n) is 7.62. The minimum Gasteiger partial charge on any atom is -0.0954 e. The van der Waals surface area contributed by atoms with Gasteiger partial charge >= 0.3 is 0 Å². The van der Waals surface area contributed by atoms with Crippen LogP contribution in [0.15, 0.2) is 0 Å². The van der Waals surface area contributed by atoms with Gasteiger partial charge in [-0.3, -0.25) is 0 Å². The average Bonchev–Trinajstić information content (AvgIpc) is 2.42. The summed E-state index contributed by atoms with van der Waals surface area (Å²) in [5.41, 5.74) is 0. The van der Waals surface area contributed by atoms with Gasteiger partial charge in [0.25, 0.3) is 0 Å². The van der Waals surface area contributed by atoms with E-state index in [0.717, 1.165) is 11.8 Å². The Bertz CT molecular complexity index is 205. The first kappa shape index (κ1) is 14.5. The molecule has 1 fully saturated rings. The molecule has 0 aliphatic heterocycles. The SMILES string of the molecule is CC1CCCC1CP(C(C)(C)C)C(C)(C)C. The number of hydrogen-bond donors (Lipinski definition) is 0. The van der Waals surface area contributed by atoms with Crippen molar-refractivity contribution in [3.63, 3.8) is 0 Å². The van der Waals surface area contributed by atoms with E-state index in [1.807, 2.05) is 0 Å². The minimum atomic E-state index is 0.120. The fourth-order valence-corrected chi connectivity index (χ4v) is 7.40. The van der Waals surface area contributed by atoms with Crippen molar-refractivity contribution in [1.29, 1.82) is 0 Å². The molecule has 0 bridgehead atoms. The molecule has 0 N–H and O–H groups in total. The third kappa shape index (κ3) is 3.73. The molecule has 1 aliphatic rings. The van der Waals surface area contributed by atoms with Crippen molar-refractivity contribution in [3.8, 4) is 0 Å². The van der Waals surface area contributed by atoms with Gasteiger partial charge in [-0.1, -0.05) is 69.2 Å². The first-order valence-electron chi connectivity index (χ1n) is 6.90. The molecule has 0 radical (unpaired) electrons. The van der Waals surface area contributed by atoms with Gasteiger partial charge in [-0.25, -0.2) is 0 Å². The fourth-order valence-electron chi connectivity index (χ4n) is 3.28. The number of hydrogen-bond acceptors (Lipinski definition) is 0. The van der Waals surface area contributed by atoms with Crippen molar-refractivity contribution in [2.75, 3.05) is 6.16 Å². The summed E-state index contributed by atoms with van der Waals surface area (Å²) in [6, 6.07) is 0. The quantitative estimate of drug-likeness (QED) is 0.561. The Balaban J connectivity index is 2.72. The van der Waals surface area contributed by atoms with E-state index in [-0.39, 0.29) is 7.92 Å². The van der Waals surface area contributed by atoms with Crippen LogP contribution in [0.1, 0.15) is 67.7 Å². The lowest BCUT2D eigenvalue weighted by Crippen LogP contribution is -2.29. The molecule has 0 aromatic carbocycles. The normalized spacial score (nSPS) is 27.8. The Labute approximate surface area is 104 Å². The van der Waals surface area contributed by atoms with Gasteiger partial charge in [0.2, 0.25) is 0 Å². The maximum Gasteiger partial charge on any atom is -0.0175 e. The van der Waals surface area contributed by atoms with Gasteiger partial charge in [-0.2, -0.15) is 0 Å². The molecule has 2 atom stereocenters. The summed E-state index contributed by atoms with van der Waals surface area (Å²) in [7, 11) is 0.120. The summed E-state index contributed by atoms with van der Waals surface area (Å²) in [5.74, 6) is 2.00. The van der Waals surface area contributed by atoms with E-state index in [4.69, 9.17) is 0 Å². The van der Waals surface area contributed by atoms with Crippen LogP contribution in [0.3, 0.4) is 0 Å². The van der Waals surface area contributed by atoms with Crippen LogP contribution in [-0.2, 0) is 0 Å². The molecule has 0 aromatic heterocycles. The van der Waals surface area contributed by atoms with E-state index in [0.29, 0.717) is 10.3 Å². The van der Waals surface area contributed by atoms with E-state index in [2.05, 4.69) is 48.5 Å². The zero-order chi connectivity index (χ0) is 12.6. The second-order valence-corrected chi connectivity index (χ2v) is 11.5. The third-order valence-corrected chi connectivity index (χ3v) is 8.15. The van der Waals surface area contributed by atoms with E-state index in [1.54, 1.807) is 0 Å². The van der Waals surface area contributed by atoms with E-state index in [1.165, 1.54) is 25.4 Å². The zero-order valence-corrected chi connectivity index (χ0v) is 13.3. The Morgan fingerprint density at radius 3 is 1.75 bits per heavy atom. The number of rotatable bonds is 2. The van der Waals surface area contributed by atoms with Crippen LogP contribution >= 0.6 is 7.92 Å². The van der Waals surface area contributed by atoms with Crippen LogP contribution in [0, 0.1) is 11.8 Å². The Kier molecular flexibility index (Phi) is 4.50. The second kappa shape index (κ2) is 4.97. The average molecular weight is 242 g/mol. The molecule has 0 nitrogen and oxygen atoms in total. The first-order chi connectivity index (χ1) is 7.12. The summed E-state index contributed by atoms with van der Waals surface area (Å²) in [4.78, 5) is 0. The summed E-state index contributed by atoms with van der Waals surface area (Å²) >= 11 is 0. The molecule has 0 aromatic rings. The van der Waals surface area contributed by atoms with Crippen molar-refractivity contribution in [2.24, 2.45) is 11.8 Å². The maximum absolute atomic E-state index is 2.47. The molecule has 1 rings (SSSR count). The predicted molar refractivity (Wildman–Crippen MR) is 77.8 cm³/mol. The van der Waals surface area contributed by atoms with E-state index < -0.39 is 0 Å². The fraction of sp³-hybridized carbons (Fsp3) is 1.00. The predicted octanol–water partition coefficient (Wildman–Crippen LogP) is 5.50. The van der Waals surface area contributed by atoms with Crippen LogP contribution < -0.4 is 0 Å². The molecule has 1 saturated carbocycles. The topological polar surface area (TPSA) is 0 Å². The summed E-state index contributed by atoms with van der Waals surface area (Å²) in [6.45, 7) is 17.2. The van der Waals surface area contributed by atoms with Crippen molar-refractivity contribution < 1.29 is 0 Å². The molecular formula is C15H31P. The van der Waals surface area contributed by atoms with Crippen LogP contribution in [0.25, 0.3) is 0 Å². The van der Waals surface area contributed by atoms with E-state index in [9.17, 15) is 0 Å². The van der Waals surface area contributed by atoms with Crippen LogP contribution in [0.2, 0.25) is 0 Å². The molecule has 0 spiro atoms. The monoisotopic (exact) mass is 242 g/mol. The van der Waals surface area contributed by atoms with Crippen molar-refractivity contribution in [3.05, 3.63) is 0 Å². The molecule has 96 valence electrons. The van der Waals surface area contributed by atoms with Crippen LogP contribution in [0.5, 0.6) is 0 Å². The lowest BCUT2D eigenvalue weighted by molar-refractivity contribution is 0.457. The highest BCUT2D eigenvalue weighted by molar-refractivity contribution is 7.60. The Morgan fingerprint density at radius 2 is 1.44 bits per heavy atom. The molecule has 1 aliphatic carbocycles. The summed E-state index contributed by atoms with van der Waals surface area (Å²) < 4.78 is 0. The van der Waals surface area contributed by atoms with Gasteiger partial charge in [0.15, 0.2) is 0 Å². The molecule has 0 heterocycles. The summed E-state index contributed by atoms with van der Waals surface area (Å²) in [5, 5.41) is 1.02. The molecule has 16 heavy (non-hydrogen) atoms. The summed E-state index contributed by atoms with van der Waals surface area (Å²) in [6.07, 6.45) is 5.95. The highest BCUT2D eigenvalue weighted by Gasteiger charge is 2.37. The van der Waals surface area contributed by atoms with Gasteiger partial charge in [-0.05, 0) is 34.7 Å². The smallest absolute Gasteiger partial charge is 0.0175 e. The lowest BCUT2D eigenvalue weighted by Gasteiger charge is -2.43. The Hall–Kier alpha value is 0.430. The molecule has 0 saturated heterocycles. The van der Waals surface area contributed by atoms with Gasteiger partial charge in [0, 0.05) is 0 Å². The molecule has 0 amide bonds. The van der Waals surface area contributed by atoms with Crippen molar-refractivity contribution >= 4 is 7.92 Å². The first-order valence-corrected chi connectivity index (χ1v) is 8.43. The van der Waals surface area contributed by atoms with Gasteiger partial charge in [0.05, 0.1) is 0 Å². The van der Waals surface area contributed by atoms with E-state index >= 15 is 0 Å². The maximum atomic E-state index is 2.47.